The van der Waals surface area contributed by atoms with Gasteiger partial charge < -0.3 is 10.1 Å². The van der Waals surface area contributed by atoms with Crippen LogP contribution in [-0.4, -0.2) is 49.6 Å². The minimum absolute atomic E-state index is 0. The van der Waals surface area contributed by atoms with E-state index in [-0.39, 0.29) is 31.3 Å². The van der Waals surface area contributed by atoms with Crippen molar-refractivity contribution in [2.45, 2.75) is 65.3 Å². The van der Waals surface area contributed by atoms with E-state index in [1.165, 1.54) is 25.5 Å². The van der Waals surface area contributed by atoms with E-state index in [0.717, 1.165) is 45.2 Å². The number of ether oxygens (including phenoxy) is 1. The summed E-state index contributed by atoms with van der Waals surface area (Å²) in [6, 6.07) is 10.6. The van der Waals surface area contributed by atoms with Gasteiger partial charge in [0.2, 0.25) is 5.91 Å². The van der Waals surface area contributed by atoms with Gasteiger partial charge in [0.05, 0.1) is 19.6 Å². The van der Waals surface area contributed by atoms with E-state index >= 15 is 0 Å². The Morgan fingerprint density at radius 3 is 2.47 bits per heavy atom. The first-order valence-corrected chi connectivity index (χ1v) is 12.2. The van der Waals surface area contributed by atoms with Crippen LogP contribution >= 0.6 is 0 Å². The number of fused-ring (bicyclic) bond motifs is 1. The molecule has 1 aliphatic heterocycles. The fourth-order valence-electron chi connectivity index (χ4n) is 6.32. The number of piperidine rings is 1. The Kier molecular flexibility index (Phi) is 8.75. The minimum atomic E-state index is -0.189. The monoisotopic (exact) mass is 442 g/mol. The summed E-state index contributed by atoms with van der Waals surface area (Å²) >= 11 is 0. The smallest absolute Gasteiger partial charge is 0.310 e. The summed E-state index contributed by atoms with van der Waals surface area (Å²) < 4.78 is 5.09. The number of hydrogen-bond acceptors (Lipinski definition) is 4. The highest BCUT2D eigenvalue weighted by atomic mass is 16.5. The highest BCUT2D eigenvalue weighted by Gasteiger charge is 2.49. The van der Waals surface area contributed by atoms with Crippen molar-refractivity contribution in [3.8, 4) is 0 Å². The van der Waals surface area contributed by atoms with Crippen LogP contribution < -0.4 is 5.32 Å². The van der Waals surface area contributed by atoms with E-state index in [4.69, 9.17) is 4.74 Å². The average molecular weight is 443 g/mol. The number of esters is 1. The first-order valence-electron chi connectivity index (χ1n) is 12.2. The molecule has 4 rings (SSSR count). The van der Waals surface area contributed by atoms with Crippen LogP contribution in [0.15, 0.2) is 30.3 Å². The number of likely N-dealkylation sites (tertiary alicyclic amines) is 1. The highest BCUT2D eigenvalue weighted by molar-refractivity contribution is 5.80. The maximum absolute atomic E-state index is 12.9. The molecular weight excluding hydrogens is 400 g/mol. The second kappa shape index (κ2) is 11.3. The van der Waals surface area contributed by atoms with Gasteiger partial charge in [-0.3, -0.25) is 14.5 Å². The van der Waals surface area contributed by atoms with Gasteiger partial charge in [0.15, 0.2) is 0 Å². The maximum atomic E-state index is 12.9. The summed E-state index contributed by atoms with van der Waals surface area (Å²) in [6.07, 6.45) is 7.77. The van der Waals surface area contributed by atoms with E-state index in [0.29, 0.717) is 30.2 Å². The maximum Gasteiger partial charge on any atom is 0.310 e. The zero-order valence-electron chi connectivity index (χ0n) is 19.1. The second-order valence-electron chi connectivity index (χ2n) is 10.2. The van der Waals surface area contributed by atoms with Gasteiger partial charge in [0, 0.05) is 6.04 Å². The number of carbonyl (C=O) groups is 2. The van der Waals surface area contributed by atoms with Crippen molar-refractivity contribution in [3.63, 3.8) is 0 Å². The minimum Gasteiger partial charge on any atom is -0.469 e. The lowest BCUT2D eigenvalue weighted by atomic mass is 9.75. The summed E-state index contributed by atoms with van der Waals surface area (Å²) in [5, 5.41) is 3.28. The molecule has 32 heavy (non-hydrogen) atoms. The van der Waals surface area contributed by atoms with Gasteiger partial charge in [-0.25, -0.2) is 0 Å². The quantitative estimate of drug-likeness (QED) is 0.667. The van der Waals surface area contributed by atoms with Gasteiger partial charge in [0.25, 0.3) is 0 Å². The van der Waals surface area contributed by atoms with Crippen LogP contribution in [0.1, 0.15) is 58.4 Å². The molecule has 2 saturated carbocycles. The lowest BCUT2D eigenvalue weighted by Gasteiger charge is -2.35. The molecule has 1 heterocycles. The molecule has 0 spiro atoms. The Morgan fingerprint density at radius 2 is 1.78 bits per heavy atom. The normalized spacial score (nSPS) is 30.8. The van der Waals surface area contributed by atoms with Crippen molar-refractivity contribution in [1.82, 2.24) is 10.2 Å². The van der Waals surface area contributed by atoms with Crippen molar-refractivity contribution in [2.75, 3.05) is 26.7 Å². The number of carbonyl (C=O) groups excluding carboxylic acids is 2. The predicted octanol–water partition coefficient (Wildman–Crippen LogP) is 4.31. The Labute approximate surface area is 194 Å². The molecule has 1 aromatic carbocycles. The van der Waals surface area contributed by atoms with Crippen molar-refractivity contribution in [2.24, 2.45) is 29.6 Å². The number of methoxy groups -OCH3 is 1. The molecule has 5 heteroatoms. The number of rotatable bonds is 6. The Hall–Kier alpha value is -1.88. The largest absolute Gasteiger partial charge is 0.469 e. The van der Waals surface area contributed by atoms with Crippen LogP contribution in [0.3, 0.4) is 0 Å². The molecule has 0 aromatic heterocycles. The van der Waals surface area contributed by atoms with Crippen molar-refractivity contribution in [3.05, 3.63) is 35.9 Å². The molecule has 5 unspecified atom stereocenters. The number of nitrogens with zero attached hydrogens (tertiary/aromatic N) is 1. The molecule has 1 N–H and O–H groups in total. The zero-order valence-corrected chi connectivity index (χ0v) is 19.1. The van der Waals surface area contributed by atoms with Crippen LogP contribution in [0, 0.1) is 29.6 Å². The molecule has 1 saturated heterocycles. The van der Waals surface area contributed by atoms with Crippen molar-refractivity contribution in [1.29, 1.82) is 0 Å². The number of benzene rings is 1. The molecule has 3 aliphatic rings. The summed E-state index contributed by atoms with van der Waals surface area (Å²) in [5.41, 5.74) is 1.41. The topological polar surface area (TPSA) is 58.6 Å². The summed E-state index contributed by atoms with van der Waals surface area (Å²) in [7, 11) is 1.46. The van der Waals surface area contributed by atoms with Gasteiger partial charge in [-0.05, 0) is 80.8 Å². The predicted molar refractivity (Wildman–Crippen MR) is 128 cm³/mol. The standard InChI is InChI=1S/C26H38N2O3.CH4/c1-18-8-9-21-16-23(26(30)31-2)25(22(21)14-18)27-24(29)17-28-12-10-20(11-13-28)15-19-6-4-3-5-7-19;/h3-7,18,20-23,25H,8-17H2,1-2H3,(H,27,29);1H4. The number of hydrogen-bond donors (Lipinski definition) is 1. The van der Waals surface area contributed by atoms with E-state index in [9.17, 15) is 9.59 Å². The SMILES string of the molecule is C.COC(=O)C1CC2CCC(C)CC2C1NC(=O)CN1CCC(Cc2ccccc2)CC1. The van der Waals surface area contributed by atoms with E-state index < -0.39 is 0 Å². The van der Waals surface area contributed by atoms with Crippen molar-refractivity contribution >= 4 is 11.9 Å². The average Bonchev–Trinajstić information content (AvgIpc) is 3.12. The fourth-order valence-corrected chi connectivity index (χ4v) is 6.32. The lowest BCUT2D eigenvalue weighted by molar-refractivity contribution is -0.146. The van der Waals surface area contributed by atoms with E-state index in [2.05, 4.69) is 47.5 Å². The summed E-state index contributed by atoms with van der Waals surface area (Å²) in [5.74, 6) is 2.04. The molecule has 5 atom stereocenters. The molecule has 2 aliphatic carbocycles. The van der Waals surface area contributed by atoms with Gasteiger partial charge >= 0.3 is 5.97 Å². The number of nitrogens with one attached hydrogen (secondary N) is 1. The first kappa shape index (κ1) is 24.8. The summed E-state index contributed by atoms with van der Waals surface area (Å²) in [4.78, 5) is 27.6. The van der Waals surface area contributed by atoms with Crippen molar-refractivity contribution < 1.29 is 14.3 Å². The van der Waals surface area contributed by atoms with Gasteiger partial charge in [-0.1, -0.05) is 51.1 Å². The summed E-state index contributed by atoms with van der Waals surface area (Å²) in [6.45, 7) is 4.67. The number of amides is 1. The lowest BCUT2D eigenvalue weighted by Crippen LogP contribution is -2.49. The fraction of sp³-hybridized carbons (Fsp3) is 0.704. The molecule has 3 fully saturated rings. The van der Waals surface area contributed by atoms with E-state index in [1.807, 2.05) is 0 Å². The third-order valence-electron chi connectivity index (χ3n) is 8.03. The first-order chi connectivity index (χ1) is 15.0. The van der Waals surface area contributed by atoms with Gasteiger partial charge in [0.1, 0.15) is 0 Å². The van der Waals surface area contributed by atoms with Crippen LogP contribution in [0.25, 0.3) is 0 Å². The van der Waals surface area contributed by atoms with Crippen LogP contribution in [0.2, 0.25) is 0 Å². The molecule has 0 bridgehead atoms. The molecule has 5 nitrogen and oxygen atoms in total. The molecule has 1 amide bonds. The Morgan fingerprint density at radius 1 is 1.06 bits per heavy atom. The zero-order chi connectivity index (χ0) is 21.8. The Balaban J connectivity index is 0.00000289. The van der Waals surface area contributed by atoms with Gasteiger partial charge in [-0.15, -0.1) is 0 Å². The second-order valence-corrected chi connectivity index (χ2v) is 10.2. The molecule has 0 radical (unpaired) electrons. The Bertz CT molecular complexity index is 745. The van der Waals surface area contributed by atoms with Gasteiger partial charge in [-0.2, -0.15) is 0 Å². The third kappa shape index (κ3) is 5.92. The molecule has 1 aromatic rings. The molecule has 178 valence electrons. The van der Waals surface area contributed by atoms with E-state index in [1.54, 1.807) is 0 Å². The molecular formula is C27H42N2O3. The van der Waals surface area contributed by atoms with Crippen LogP contribution in [-0.2, 0) is 20.7 Å². The van der Waals surface area contributed by atoms with Crippen LogP contribution in [0.5, 0.6) is 0 Å². The highest BCUT2D eigenvalue weighted by Crippen LogP contribution is 2.47. The van der Waals surface area contributed by atoms with Crippen LogP contribution in [0.4, 0.5) is 0 Å². The third-order valence-corrected chi connectivity index (χ3v) is 8.03.